The Balaban J connectivity index is 2.62. The summed E-state index contributed by atoms with van der Waals surface area (Å²) >= 11 is 0. The van der Waals surface area contributed by atoms with Gasteiger partial charge in [0.1, 0.15) is 25.1 Å². The number of aromatic hydroxyl groups is 1. The molecule has 0 fully saturated rings. The number of aliphatic hydroxyl groups is 1. The number of aliphatic hydroxyl groups excluding tert-OH is 1. The van der Waals surface area contributed by atoms with Crippen LogP contribution in [0.25, 0.3) is 0 Å². The van der Waals surface area contributed by atoms with Crippen molar-refractivity contribution >= 4 is 11.9 Å². The summed E-state index contributed by atoms with van der Waals surface area (Å²) in [6.45, 7) is 13.2. The highest BCUT2D eigenvalue weighted by Crippen LogP contribution is 2.52. The Morgan fingerprint density at radius 3 is 1.78 bits per heavy atom. The van der Waals surface area contributed by atoms with Gasteiger partial charge in [0.05, 0.1) is 11.0 Å². The van der Waals surface area contributed by atoms with Crippen molar-refractivity contribution in [1.29, 1.82) is 0 Å². The summed E-state index contributed by atoms with van der Waals surface area (Å²) in [6, 6.07) is 5.58. The first-order valence-corrected chi connectivity index (χ1v) is 9.01. The van der Waals surface area contributed by atoms with Gasteiger partial charge in [-0.3, -0.25) is 4.79 Å². The highest BCUT2D eigenvalue weighted by molar-refractivity contribution is 5.89. The van der Waals surface area contributed by atoms with Gasteiger partial charge in [0.15, 0.2) is 0 Å². The zero-order valence-electron chi connectivity index (χ0n) is 17.3. The molecule has 0 spiro atoms. The van der Waals surface area contributed by atoms with E-state index >= 15 is 0 Å². The smallest absolute Gasteiger partial charge is 0.338 e. The fourth-order valence-corrected chi connectivity index (χ4v) is 2.95. The summed E-state index contributed by atoms with van der Waals surface area (Å²) in [5.41, 5.74) is -1.22. The van der Waals surface area contributed by atoms with Crippen LogP contribution >= 0.6 is 0 Å². The van der Waals surface area contributed by atoms with Crippen molar-refractivity contribution in [3.05, 3.63) is 29.8 Å². The van der Waals surface area contributed by atoms with E-state index in [0.29, 0.717) is 0 Å². The minimum Gasteiger partial charge on any atom is -0.508 e. The van der Waals surface area contributed by atoms with Crippen molar-refractivity contribution in [2.24, 2.45) is 16.2 Å². The molecule has 27 heavy (non-hydrogen) atoms. The quantitative estimate of drug-likeness (QED) is 0.733. The Morgan fingerprint density at radius 1 is 0.889 bits per heavy atom. The van der Waals surface area contributed by atoms with E-state index in [4.69, 9.17) is 9.47 Å². The van der Waals surface area contributed by atoms with Crippen LogP contribution in [0.3, 0.4) is 0 Å². The van der Waals surface area contributed by atoms with Crippen LogP contribution in [-0.4, -0.2) is 41.5 Å². The largest absolute Gasteiger partial charge is 0.508 e. The van der Waals surface area contributed by atoms with Crippen LogP contribution in [0, 0.1) is 16.2 Å². The predicted octanol–water partition coefficient (Wildman–Crippen LogP) is 3.55. The number of hydrogen-bond donors (Lipinski definition) is 2. The lowest BCUT2D eigenvalue weighted by molar-refractivity contribution is -0.176. The van der Waals surface area contributed by atoms with Crippen LogP contribution < -0.4 is 0 Å². The summed E-state index contributed by atoms with van der Waals surface area (Å²) in [5.74, 6) is -0.986. The van der Waals surface area contributed by atoms with Gasteiger partial charge in [0.2, 0.25) is 0 Å². The zero-order valence-corrected chi connectivity index (χ0v) is 17.3. The highest BCUT2D eigenvalue weighted by Gasteiger charge is 2.53. The number of carbonyl (C=O) groups excluding carboxylic acids is 2. The molecule has 6 heteroatoms. The van der Waals surface area contributed by atoms with E-state index in [2.05, 4.69) is 0 Å². The van der Waals surface area contributed by atoms with Gasteiger partial charge in [-0.1, -0.05) is 41.5 Å². The number of phenolic OH excluding ortho intramolecular Hbond substituents is 1. The van der Waals surface area contributed by atoms with Crippen LogP contribution in [0.1, 0.15) is 58.8 Å². The monoisotopic (exact) mass is 380 g/mol. The molecule has 0 aliphatic heterocycles. The summed E-state index contributed by atoms with van der Waals surface area (Å²) in [4.78, 5) is 24.7. The van der Waals surface area contributed by atoms with E-state index in [1.165, 1.54) is 24.3 Å². The molecule has 0 aromatic heterocycles. The molecule has 1 unspecified atom stereocenters. The highest BCUT2D eigenvalue weighted by atomic mass is 16.6. The third-order valence-corrected chi connectivity index (χ3v) is 5.32. The molecule has 6 nitrogen and oxygen atoms in total. The molecular formula is C21H32O6. The Kier molecular flexibility index (Phi) is 7.05. The van der Waals surface area contributed by atoms with Gasteiger partial charge < -0.3 is 19.7 Å². The van der Waals surface area contributed by atoms with Gasteiger partial charge >= 0.3 is 11.9 Å². The lowest BCUT2D eigenvalue weighted by Crippen LogP contribution is -2.51. The summed E-state index contributed by atoms with van der Waals surface area (Å²) < 4.78 is 10.4. The topological polar surface area (TPSA) is 93.1 Å². The van der Waals surface area contributed by atoms with E-state index in [0.717, 1.165) is 0 Å². The predicted molar refractivity (Wildman–Crippen MR) is 102 cm³/mol. The Morgan fingerprint density at radius 2 is 1.33 bits per heavy atom. The molecule has 0 aliphatic rings. The van der Waals surface area contributed by atoms with E-state index in [-0.39, 0.29) is 35.4 Å². The number of ether oxygens (including phenoxy) is 2. The van der Waals surface area contributed by atoms with Crippen molar-refractivity contribution < 1.29 is 29.3 Å². The van der Waals surface area contributed by atoms with E-state index < -0.39 is 23.5 Å². The Labute approximate surface area is 161 Å². The standard InChI is InChI=1S/C21H32O6/c1-19(2,3)21(7,20(4,5)6)18(25)27-13-16(23)12-26-17(24)14-8-10-15(22)11-9-14/h8-11,16,22-23H,12-13H2,1-7H3. The normalized spacial score (nSPS) is 13.8. The molecule has 0 saturated heterocycles. The van der Waals surface area contributed by atoms with Gasteiger partial charge in [-0.15, -0.1) is 0 Å². The van der Waals surface area contributed by atoms with E-state index in [1.807, 2.05) is 48.5 Å². The molecule has 1 atom stereocenters. The Hall–Kier alpha value is -2.08. The number of phenols is 1. The van der Waals surface area contributed by atoms with Gasteiger partial charge in [-0.25, -0.2) is 4.79 Å². The van der Waals surface area contributed by atoms with Crippen LogP contribution in [-0.2, 0) is 14.3 Å². The van der Waals surface area contributed by atoms with E-state index in [1.54, 1.807) is 0 Å². The second kappa shape index (κ2) is 8.30. The minimum atomic E-state index is -1.13. The SMILES string of the molecule is CC(C)(C)C(C)(C(=O)OCC(O)COC(=O)c1ccc(O)cc1)C(C)(C)C. The van der Waals surface area contributed by atoms with Crippen molar-refractivity contribution in [3.63, 3.8) is 0 Å². The van der Waals surface area contributed by atoms with Gasteiger partial charge in [0, 0.05) is 0 Å². The molecule has 0 bridgehead atoms. The average molecular weight is 380 g/mol. The Bertz CT molecular complexity index is 635. The second-order valence-electron chi connectivity index (χ2n) is 9.02. The number of esters is 2. The van der Waals surface area contributed by atoms with E-state index in [9.17, 15) is 19.8 Å². The first-order valence-electron chi connectivity index (χ1n) is 9.01. The molecule has 0 saturated carbocycles. The van der Waals surface area contributed by atoms with Crippen molar-refractivity contribution in [2.45, 2.75) is 54.6 Å². The summed E-state index contributed by atoms with van der Waals surface area (Å²) in [6.07, 6.45) is -1.13. The number of hydrogen-bond acceptors (Lipinski definition) is 6. The molecule has 1 aromatic rings. The molecule has 0 heterocycles. The first-order chi connectivity index (χ1) is 12.2. The third-order valence-electron chi connectivity index (χ3n) is 5.32. The van der Waals surface area contributed by atoms with Gasteiger partial charge in [0.25, 0.3) is 0 Å². The summed E-state index contributed by atoms with van der Waals surface area (Å²) in [5, 5.41) is 19.2. The van der Waals surface area contributed by atoms with Gasteiger partial charge in [-0.2, -0.15) is 0 Å². The average Bonchev–Trinajstić information content (AvgIpc) is 2.55. The minimum absolute atomic E-state index is 0.0410. The van der Waals surface area contributed by atoms with Gasteiger partial charge in [-0.05, 0) is 42.0 Å². The van der Waals surface area contributed by atoms with Crippen molar-refractivity contribution in [1.82, 2.24) is 0 Å². The number of rotatable bonds is 6. The lowest BCUT2D eigenvalue weighted by Gasteiger charge is -2.48. The molecule has 1 rings (SSSR count). The fraction of sp³-hybridized carbons (Fsp3) is 0.619. The van der Waals surface area contributed by atoms with Crippen LogP contribution in [0.4, 0.5) is 0 Å². The van der Waals surface area contributed by atoms with Crippen molar-refractivity contribution in [2.75, 3.05) is 13.2 Å². The van der Waals surface area contributed by atoms with Crippen LogP contribution in [0.2, 0.25) is 0 Å². The lowest BCUT2D eigenvalue weighted by atomic mass is 9.55. The second-order valence-corrected chi connectivity index (χ2v) is 9.02. The summed E-state index contributed by atoms with van der Waals surface area (Å²) in [7, 11) is 0. The number of carbonyl (C=O) groups is 2. The molecule has 0 radical (unpaired) electrons. The maximum Gasteiger partial charge on any atom is 0.338 e. The van der Waals surface area contributed by atoms with Crippen molar-refractivity contribution in [3.8, 4) is 5.75 Å². The third kappa shape index (κ3) is 5.45. The number of benzene rings is 1. The van der Waals surface area contributed by atoms with Crippen LogP contribution in [0.5, 0.6) is 5.75 Å². The maximum absolute atomic E-state index is 12.8. The molecular weight excluding hydrogens is 348 g/mol. The zero-order chi connectivity index (χ0) is 21.0. The maximum atomic E-state index is 12.8. The first kappa shape index (κ1) is 23.0. The molecule has 0 aliphatic carbocycles. The molecule has 0 amide bonds. The molecule has 1 aromatic carbocycles. The fourth-order valence-electron chi connectivity index (χ4n) is 2.95. The van der Waals surface area contributed by atoms with Crippen LogP contribution in [0.15, 0.2) is 24.3 Å². The molecule has 152 valence electrons. The molecule has 2 N–H and O–H groups in total.